The number of amides is 1. The van der Waals surface area contributed by atoms with Gasteiger partial charge in [-0.25, -0.2) is 4.79 Å². The zero-order valence-corrected chi connectivity index (χ0v) is 5.29. The van der Waals surface area contributed by atoms with Crippen LogP contribution in [0.4, 0.5) is 4.79 Å². The second-order valence-corrected chi connectivity index (χ2v) is 1.83. The molecule has 0 bridgehead atoms. The Hall–Kier alpha value is -1.47. The van der Waals surface area contributed by atoms with Crippen LogP contribution in [-0.4, -0.2) is 11.2 Å². The number of allylic oxidation sites excluding steroid dienone is 2. The number of carboxylic acid groups (broad SMARTS) is 1. The van der Waals surface area contributed by atoms with Crippen LogP contribution in [0.15, 0.2) is 29.7 Å². The van der Waals surface area contributed by atoms with E-state index in [2.05, 4.69) is 11.0 Å². The Morgan fingerprint density at radius 1 is 1.80 bits per heavy atom. The van der Waals surface area contributed by atoms with Gasteiger partial charge in [-0.1, -0.05) is 11.8 Å². The Morgan fingerprint density at radius 2 is 2.60 bits per heavy atom. The molecule has 1 amide bonds. The summed E-state index contributed by atoms with van der Waals surface area (Å²) in [4.78, 5) is 10.0. The smallest absolute Gasteiger partial charge is 0.409 e. The topological polar surface area (TPSA) is 49.3 Å². The molecular weight excluding hydrogens is 130 g/mol. The van der Waals surface area contributed by atoms with Gasteiger partial charge in [-0.3, -0.25) is 5.32 Å². The van der Waals surface area contributed by atoms with Crippen LogP contribution in [0.1, 0.15) is 6.42 Å². The van der Waals surface area contributed by atoms with Crippen molar-refractivity contribution in [3.8, 4) is 0 Å². The summed E-state index contributed by atoms with van der Waals surface area (Å²) in [5, 5.41) is 10.4. The first-order chi connectivity index (χ1) is 4.79. The summed E-state index contributed by atoms with van der Waals surface area (Å²) in [6.07, 6.45) is 5.09. The molecule has 1 rings (SSSR count). The van der Waals surface area contributed by atoms with E-state index in [1.54, 1.807) is 12.2 Å². The van der Waals surface area contributed by atoms with E-state index in [4.69, 9.17) is 5.11 Å². The van der Waals surface area contributed by atoms with E-state index in [0.29, 0.717) is 5.70 Å². The summed E-state index contributed by atoms with van der Waals surface area (Å²) < 4.78 is 0. The van der Waals surface area contributed by atoms with Gasteiger partial charge < -0.3 is 5.11 Å². The fourth-order valence-electron chi connectivity index (χ4n) is 0.664. The van der Waals surface area contributed by atoms with Gasteiger partial charge in [0, 0.05) is 0 Å². The lowest BCUT2D eigenvalue weighted by Gasteiger charge is -1.98. The highest BCUT2D eigenvalue weighted by Crippen LogP contribution is 1.98. The normalized spacial score (nSPS) is 14.6. The summed E-state index contributed by atoms with van der Waals surface area (Å²) in [5.74, 6) is 0. The molecule has 52 valence electrons. The first-order valence-corrected chi connectivity index (χ1v) is 2.90. The lowest BCUT2D eigenvalue weighted by molar-refractivity contribution is 0.198. The number of carbonyl (C=O) groups is 1. The number of rotatable bonds is 1. The molecule has 0 aromatic carbocycles. The molecule has 0 unspecified atom stereocenters. The van der Waals surface area contributed by atoms with Crippen LogP contribution in [0.3, 0.4) is 0 Å². The number of hydrogen-bond donors (Lipinski definition) is 2. The molecule has 0 aliphatic heterocycles. The van der Waals surface area contributed by atoms with Gasteiger partial charge in [0.2, 0.25) is 0 Å². The largest absolute Gasteiger partial charge is 0.465 e. The molecule has 1 aliphatic rings. The predicted octanol–water partition coefficient (Wildman–Crippen LogP) is 1.25. The molecule has 0 aromatic heterocycles. The average molecular weight is 137 g/mol. The molecule has 0 saturated heterocycles. The SMILES string of the molecule is O=C(O)NC1=C=CCC=C1. The van der Waals surface area contributed by atoms with E-state index in [-0.39, 0.29) is 0 Å². The van der Waals surface area contributed by atoms with E-state index in [0.717, 1.165) is 6.42 Å². The zero-order chi connectivity index (χ0) is 7.40. The number of hydrogen-bond acceptors (Lipinski definition) is 1. The van der Waals surface area contributed by atoms with E-state index in [1.165, 1.54) is 0 Å². The highest BCUT2D eigenvalue weighted by molar-refractivity contribution is 5.67. The standard InChI is InChI=1S/C7H7NO2/c9-7(10)8-6-4-2-1-3-5-6/h2-4,8H,1H2,(H,9,10). The molecule has 0 spiro atoms. The van der Waals surface area contributed by atoms with Gasteiger partial charge in [-0.2, -0.15) is 0 Å². The van der Waals surface area contributed by atoms with E-state index in [1.807, 2.05) is 6.08 Å². The minimum Gasteiger partial charge on any atom is -0.465 e. The van der Waals surface area contributed by atoms with Crippen molar-refractivity contribution in [1.82, 2.24) is 5.32 Å². The third-order valence-electron chi connectivity index (χ3n) is 1.04. The van der Waals surface area contributed by atoms with Crippen molar-refractivity contribution in [2.75, 3.05) is 0 Å². The average Bonchev–Trinajstić information content (AvgIpc) is 1.88. The minimum absolute atomic E-state index is 0.499. The molecule has 0 aromatic rings. The zero-order valence-electron chi connectivity index (χ0n) is 5.29. The molecule has 0 saturated carbocycles. The molecule has 1 aliphatic carbocycles. The van der Waals surface area contributed by atoms with Crippen LogP contribution in [-0.2, 0) is 0 Å². The predicted molar refractivity (Wildman–Crippen MR) is 36.5 cm³/mol. The number of nitrogens with one attached hydrogen (secondary N) is 1. The lowest BCUT2D eigenvalue weighted by Crippen LogP contribution is -2.18. The van der Waals surface area contributed by atoms with Crippen molar-refractivity contribution in [2.24, 2.45) is 0 Å². The van der Waals surface area contributed by atoms with Gasteiger partial charge in [-0.05, 0) is 18.6 Å². The highest BCUT2D eigenvalue weighted by atomic mass is 16.4. The molecule has 10 heavy (non-hydrogen) atoms. The molecule has 0 radical (unpaired) electrons. The molecule has 0 heterocycles. The lowest BCUT2D eigenvalue weighted by atomic mass is 10.2. The van der Waals surface area contributed by atoms with Crippen molar-refractivity contribution >= 4 is 6.09 Å². The van der Waals surface area contributed by atoms with Crippen LogP contribution in [0.2, 0.25) is 0 Å². The van der Waals surface area contributed by atoms with Crippen LogP contribution < -0.4 is 5.32 Å². The first-order valence-electron chi connectivity index (χ1n) is 2.90. The van der Waals surface area contributed by atoms with Gasteiger partial charge in [0.25, 0.3) is 0 Å². The van der Waals surface area contributed by atoms with Crippen molar-refractivity contribution in [3.63, 3.8) is 0 Å². The summed E-state index contributed by atoms with van der Waals surface area (Å²) in [6, 6.07) is 0. The quantitative estimate of drug-likeness (QED) is 0.534. The second-order valence-electron chi connectivity index (χ2n) is 1.83. The van der Waals surface area contributed by atoms with Crippen molar-refractivity contribution in [3.05, 3.63) is 29.7 Å². The monoisotopic (exact) mass is 137 g/mol. The van der Waals surface area contributed by atoms with Gasteiger partial charge in [0.05, 0.1) is 5.70 Å². The maximum atomic E-state index is 10.0. The molecule has 2 N–H and O–H groups in total. The summed E-state index contributed by atoms with van der Waals surface area (Å²) in [7, 11) is 0. The van der Waals surface area contributed by atoms with E-state index in [9.17, 15) is 4.79 Å². The van der Waals surface area contributed by atoms with E-state index < -0.39 is 6.09 Å². The van der Waals surface area contributed by atoms with Crippen LogP contribution in [0.25, 0.3) is 0 Å². The van der Waals surface area contributed by atoms with Crippen molar-refractivity contribution in [1.29, 1.82) is 0 Å². The van der Waals surface area contributed by atoms with Crippen LogP contribution in [0.5, 0.6) is 0 Å². The molecular formula is C7H7NO2. The minimum atomic E-state index is -1.05. The first kappa shape index (κ1) is 6.65. The van der Waals surface area contributed by atoms with Gasteiger partial charge in [0.1, 0.15) is 0 Å². The summed E-state index contributed by atoms with van der Waals surface area (Å²) in [6.45, 7) is 0. The van der Waals surface area contributed by atoms with Gasteiger partial charge >= 0.3 is 6.09 Å². The fourth-order valence-corrected chi connectivity index (χ4v) is 0.664. The molecule has 0 fully saturated rings. The maximum absolute atomic E-state index is 10.0. The maximum Gasteiger partial charge on any atom is 0.409 e. The van der Waals surface area contributed by atoms with E-state index >= 15 is 0 Å². The Kier molecular flexibility index (Phi) is 1.92. The third kappa shape index (κ3) is 1.80. The summed E-state index contributed by atoms with van der Waals surface area (Å²) in [5.41, 5.74) is 3.26. The highest BCUT2D eigenvalue weighted by Gasteiger charge is 1.96. The second kappa shape index (κ2) is 2.90. The Balaban J connectivity index is 2.64. The molecule has 3 heteroatoms. The molecule has 0 atom stereocenters. The Bertz CT molecular complexity index is 234. The summed E-state index contributed by atoms with van der Waals surface area (Å²) >= 11 is 0. The van der Waals surface area contributed by atoms with Gasteiger partial charge in [0.15, 0.2) is 0 Å². The van der Waals surface area contributed by atoms with Crippen LogP contribution >= 0.6 is 0 Å². The molecule has 3 nitrogen and oxygen atoms in total. The Morgan fingerprint density at radius 3 is 3.10 bits per heavy atom. The third-order valence-corrected chi connectivity index (χ3v) is 1.04. The Labute approximate surface area is 58.4 Å². The van der Waals surface area contributed by atoms with Crippen molar-refractivity contribution < 1.29 is 9.90 Å². The fraction of sp³-hybridized carbons (Fsp3) is 0.143. The van der Waals surface area contributed by atoms with Crippen LogP contribution in [0, 0.1) is 0 Å². The van der Waals surface area contributed by atoms with Gasteiger partial charge in [-0.15, -0.1) is 0 Å². The van der Waals surface area contributed by atoms with Crippen molar-refractivity contribution in [2.45, 2.75) is 6.42 Å².